The van der Waals surface area contributed by atoms with Crippen LogP contribution in [0.4, 0.5) is 0 Å². The molecule has 2 atom stereocenters. The molecule has 1 saturated heterocycles. The summed E-state index contributed by atoms with van der Waals surface area (Å²) in [7, 11) is -3.57. The molecular formula is C8H8ClNO5S. The monoisotopic (exact) mass is 265 g/mol. The lowest BCUT2D eigenvalue weighted by Crippen LogP contribution is -2.67. The fourth-order valence-corrected chi connectivity index (χ4v) is 4.57. The van der Waals surface area contributed by atoms with Gasteiger partial charge in [-0.1, -0.05) is 0 Å². The first kappa shape index (κ1) is 11.4. The van der Waals surface area contributed by atoms with Gasteiger partial charge in [0.1, 0.15) is 11.1 Å². The molecule has 0 spiro atoms. The molecular weight excluding hydrogens is 258 g/mol. The van der Waals surface area contributed by atoms with E-state index < -0.39 is 32.5 Å². The fourth-order valence-electron chi connectivity index (χ4n) is 1.96. The van der Waals surface area contributed by atoms with E-state index >= 15 is 0 Å². The van der Waals surface area contributed by atoms with Crippen molar-refractivity contribution in [2.24, 2.45) is 0 Å². The molecule has 1 N–H and O–H groups in total. The lowest BCUT2D eigenvalue weighted by molar-refractivity contribution is -0.145. The molecule has 0 aromatic heterocycles. The average molecular weight is 266 g/mol. The van der Waals surface area contributed by atoms with Gasteiger partial charge in [0.15, 0.2) is 15.2 Å². The number of β-lactam (4-membered cyclic amide) rings is 1. The highest BCUT2D eigenvalue weighted by Crippen LogP contribution is 2.38. The van der Waals surface area contributed by atoms with Gasteiger partial charge in [0.05, 0.1) is 5.75 Å². The van der Waals surface area contributed by atoms with E-state index in [-0.39, 0.29) is 17.0 Å². The zero-order chi connectivity index (χ0) is 12.2. The maximum absolute atomic E-state index is 11.7. The highest BCUT2D eigenvalue weighted by Gasteiger charge is 2.58. The molecule has 6 nitrogen and oxygen atoms in total. The summed E-state index contributed by atoms with van der Waals surface area (Å²) < 4.78 is 23.3. The van der Waals surface area contributed by atoms with Gasteiger partial charge in [-0.15, -0.1) is 11.6 Å². The third kappa shape index (κ3) is 1.28. The van der Waals surface area contributed by atoms with E-state index in [0.717, 1.165) is 4.90 Å². The van der Waals surface area contributed by atoms with Crippen molar-refractivity contribution < 1.29 is 23.1 Å². The van der Waals surface area contributed by atoms with Crippen LogP contribution in [0, 0.1) is 0 Å². The van der Waals surface area contributed by atoms with E-state index in [1.54, 1.807) is 0 Å². The standard InChI is InChI=1S/C8H8ClNO5S/c1-3-2-16(14,15)7-4(9)6(11)10(7)5(3)8(12)13/h4,7H,2H2,1H3,(H,12,13)/t4?,7-/m1/s1. The van der Waals surface area contributed by atoms with Gasteiger partial charge in [-0.2, -0.15) is 0 Å². The van der Waals surface area contributed by atoms with Gasteiger partial charge in [-0.25, -0.2) is 13.2 Å². The minimum atomic E-state index is -3.57. The summed E-state index contributed by atoms with van der Waals surface area (Å²) in [5.74, 6) is -2.35. The van der Waals surface area contributed by atoms with Crippen molar-refractivity contribution in [3.05, 3.63) is 11.3 Å². The first-order chi connectivity index (χ1) is 7.27. The highest BCUT2D eigenvalue weighted by molar-refractivity contribution is 7.92. The molecule has 0 aliphatic carbocycles. The predicted octanol–water partition coefficient (Wildman–Crippen LogP) is -0.451. The van der Waals surface area contributed by atoms with E-state index in [4.69, 9.17) is 16.7 Å². The summed E-state index contributed by atoms with van der Waals surface area (Å²) in [4.78, 5) is 23.1. The third-order valence-corrected chi connectivity index (χ3v) is 5.24. The molecule has 16 heavy (non-hydrogen) atoms. The minimum Gasteiger partial charge on any atom is -0.477 e. The summed E-state index contributed by atoms with van der Waals surface area (Å²) in [5.41, 5.74) is -0.109. The molecule has 88 valence electrons. The van der Waals surface area contributed by atoms with Crippen molar-refractivity contribution in [2.75, 3.05) is 5.75 Å². The van der Waals surface area contributed by atoms with Crippen LogP contribution in [0.3, 0.4) is 0 Å². The van der Waals surface area contributed by atoms with Crippen LogP contribution in [-0.2, 0) is 19.4 Å². The average Bonchev–Trinajstić information content (AvgIpc) is 2.13. The van der Waals surface area contributed by atoms with E-state index in [2.05, 4.69) is 0 Å². The minimum absolute atomic E-state index is 0.153. The number of amides is 1. The SMILES string of the molecule is CC1=C(C(=O)O)N2C(=O)C(Cl)[C@H]2S(=O)(=O)C1. The summed E-state index contributed by atoms with van der Waals surface area (Å²) in [6.45, 7) is 1.38. The second-order valence-corrected chi connectivity index (χ2v) is 6.31. The summed E-state index contributed by atoms with van der Waals surface area (Å²) in [6.07, 6.45) is 0. The molecule has 0 bridgehead atoms. The number of hydrogen-bond acceptors (Lipinski definition) is 4. The Morgan fingerprint density at radius 1 is 1.56 bits per heavy atom. The van der Waals surface area contributed by atoms with Crippen LogP contribution in [-0.4, -0.2) is 46.8 Å². The number of nitrogens with zero attached hydrogens (tertiary/aromatic N) is 1. The van der Waals surface area contributed by atoms with Crippen LogP contribution in [0.5, 0.6) is 0 Å². The maximum atomic E-state index is 11.7. The van der Waals surface area contributed by atoms with E-state index in [1.807, 2.05) is 0 Å². The summed E-state index contributed by atoms with van der Waals surface area (Å²) in [5, 5.41) is 6.52. The van der Waals surface area contributed by atoms with Crippen molar-refractivity contribution in [2.45, 2.75) is 17.7 Å². The number of rotatable bonds is 1. The van der Waals surface area contributed by atoms with Gasteiger partial charge < -0.3 is 5.11 Å². The molecule has 0 saturated carbocycles. The first-order valence-corrected chi connectivity index (χ1v) is 6.54. The number of carboxylic acid groups (broad SMARTS) is 1. The van der Waals surface area contributed by atoms with Crippen LogP contribution in [0.2, 0.25) is 0 Å². The molecule has 2 aliphatic heterocycles. The maximum Gasteiger partial charge on any atom is 0.352 e. The van der Waals surface area contributed by atoms with E-state index in [9.17, 15) is 18.0 Å². The quantitative estimate of drug-likeness (QED) is 0.512. The Morgan fingerprint density at radius 3 is 2.62 bits per heavy atom. The second kappa shape index (κ2) is 3.21. The van der Waals surface area contributed by atoms with Crippen molar-refractivity contribution >= 4 is 33.3 Å². The Morgan fingerprint density at radius 2 is 2.12 bits per heavy atom. The van der Waals surface area contributed by atoms with Crippen LogP contribution in [0.15, 0.2) is 11.3 Å². The van der Waals surface area contributed by atoms with Gasteiger partial charge in [0.2, 0.25) is 5.91 Å². The van der Waals surface area contributed by atoms with Gasteiger partial charge in [0.25, 0.3) is 0 Å². The molecule has 1 fully saturated rings. The van der Waals surface area contributed by atoms with Crippen molar-refractivity contribution in [3.8, 4) is 0 Å². The topological polar surface area (TPSA) is 91.8 Å². The van der Waals surface area contributed by atoms with E-state index in [1.165, 1.54) is 6.92 Å². The third-order valence-electron chi connectivity index (χ3n) is 2.61. The molecule has 0 aromatic carbocycles. The van der Waals surface area contributed by atoms with Gasteiger partial charge in [-0.3, -0.25) is 9.69 Å². The Hall–Kier alpha value is -1.08. The molecule has 2 aliphatic rings. The Kier molecular flexibility index (Phi) is 2.29. The van der Waals surface area contributed by atoms with Crippen molar-refractivity contribution in [1.29, 1.82) is 0 Å². The smallest absolute Gasteiger partial charge is 0.352 e. The molecule has 0 aromatic rings. The Labute approximate surface area is 96.4 Å². The molecule has 2 rings (SSSR count). The number of hydrogen-bond donors (Lipinski definition) is 1. The van der Waals surface area contributed by atoms with Crippen molar-refractivity contribution in [3.63, 3.8) is 0 Å². The highest BCUT2D eigenvalue weighted by atomic mass is 35.5. The van der Waals surface area contributed by atoms with Gasteiger partial charge >= 0.3 is 5.97 Å². The number of carboxylic acids is 1. The van der Waals surface area contributed by atoms with Gasteiger partial charge in [0, 0.05) is 0 Å². The second-order valence-electron chi connectivity index (χ2n) is 3.74. The zero-order valence-corrected chi connectivity index (χ0v) is 9.75. The van der Waals surface area contributed by atoms with E-state index in [0.29, 0.717) is 0 Å². The Bertz CT molecular complexity index is 523. The molecule has 8 heteroatoms. The van der Waals surface area contributed by atoms with Crippen LogP contribution < -0.4 is 0 Å². The number of alkyl halides is 1. The number of carbonyl (C=O) groups is 2. The molecule has 0 radical (unpaired) electrons. The predicted molar refractivity (Wildman–Crippen MR) is 54.4 cm³/mol. The summed E-state index contributed by atoms with van der Waals surface area (Å²) >= 11 is 5.59. The molecule has 1 unspecified atom stereocenters. The Balaban J connectivity index is 2.58. The summed E-state index contributed by atoms with van der Waals surface area (Å²) in [6, 6.07) is 0. The van der Waals surface area contributed by atoms with Crippen molar-refractivity contribution in [1.82, 2.24) is 4.90 Å². The number of halogens is 1. The lowest BCUT2D eigenvalue weighted by atomic mass is 10.1. The normalized spacial score (nSPS) is 32.1. The largest absolute Gasteiger partial charge is 0.477 e. The zero-order valence-electron chi connectivity index (χ0n) is 8.18. The van der Waals surface area contributed by atoms with Crippen LogP contribution >= 0.6 is 11.6 Å². The van der Waals surface area contributed by atoms with Gasteiger partial charge in [-0.05, 0) is 12.5 Å². The number of sulfone groups is 1. The molecule has 1 amide bonds. The lowest BCUT2D eigenvalue weighted by Gasteiger charge is -2.46. The van der Waals surface area contributed by atoms with Crippen LogP contribution in [0.1, 0.15) is 6.92 Å². The number of aliphatic carboxylic acids is 1. The van der Waals surface area contributed by atoms with Crippen LogP contribution in [0.25, 0.3) is 0 Å². The number of carbonyl (C=O) groups excluding carboxylic acids is 1. The first-order valence-electron chi connectivity index (χ1n) is 4.39. The number of fused-ring (bicyclic) bond motifs is 1. The molecule has 2 heterocycles. The fraction of sp³-hybridized carbons (Fsp3) is 0.500.